The number of nitrogens with zero attached hydrogens (tertiary/aromatic N) is 2. The highest BCUT2D eigenvalue weighted by atomic mass is 79.9. The summed E-state index contributed by atoms with van der Waals surface area (Å²) in [4.78, 5) is 13.7. The van der Waals surface area contributed by atoms with Crippen LogP contribution in [0.3, 0.4) is 0 Å². The van der Waals surface area contributed by atoms with Crippen LogP contribution >= 0.6 is 16.1 Å². The standard InChI is InChI=1S/C19H20BrF3N2O2/c1-3-12-27-18(26)25(20)17-10-8-16(9-11-17)24(2)13-14-4-6-15(7-5-14)19(21,22)23/h4-11H,3,12-13H2,1-2H3. The van der Waals surface area contributed by atoms with Gasteiger partial charge in [0, 0.05) is 19.3 Å². The molecule has 27 heavy (non-hydrogen) atoms. The molecule has 0 radical (unpaired) electrons. The van der Waals surface area contributed by atoms with Crippen molar-refractivity contribution in [2.75, 3.05) is 22.5 Å². The molecule has 0 saturated carbocycles. The third-order valence-corrected chi connectivity index (χ3v) is 4.51. The molecule has 0 saturated heterocycles. The molecule has 2 aromatic rings. The molecule has 0 heterocycles. The number of carbonyl (C=O) groups excluding carboxylic acids is 1. The first kappa shape index (κ1) is 21.1. The van der Waals surface area contributed by atoms with Crippen molar-refractivity contribution in [3.05, 3.63) is 59.7 Å². The minimum absolute atomic E-state index is 0.342. The van der Waals surface area contributed by atoms with Crippen molar-refractivity contribution >= 4 is 33.6 Å². The topological polar surface area (TPSA) is 32.8 Å². The smallest absolute Gasteiger partial charge is 0.424 e. The minimum atomic E-state index is -4.33. The van der Waals surface area contributed by atoms with Crippen LogP contribution in [0.1, 0.15) is 24.5 Å². The molecular formula is C19H20BrF3N2O2. The first-order chi connectivity index (χ1) is 12.7. The van der Waals surface area contributed by atoms with E-state index in [1.165, 1.54) is 16.1 Å². The van der Waals surface area contributed by atoms with Gasteiger partial charge in [-0.1, -0.05) is 19.1 Å². The van der Waals surface area contributed by atoms with Crippen molar-refractivity contribution in [1.29, 1.82) is 0 Å². The Morgan fingerprint density at radius 1 is 1.04 bits per heavy atom. The molecule has 0 aromatic heterocycles. The molecule has 2 aromatic carbocycles. The molecule has 0 aliphatic rings. The molecule has 0 spiro atoms. The molecular weight excluding hydrogens is 425 g/mol. The first-order valence-corrected chi connectivity index (χ1v) is 9.03. The van der Waals surface area contributed by atoms with Crippen LogP contribution in [0.15, 0.2) is 48.5 Å². The van der Waals surface area contributed by atoms with E-state index >= 15 is 0 Å². The van der Waals surface area contributed by atoms with Gasteiger partial charge in [-0.15, -0.1) is 0 Å². The Morgan fingerprint density at radius 2 is 1.59 bits per heavy atom. The number of anilines is 2. The fourth-order valence-electron chi connectivity index (χ4n) is 2.35. The van der Waals surface area contributed by atoms with Crippen molar-refractivity contribution in [3.63, 3.8) is 0 Å². The van der Waals surface area contributed by atoms with E-state index in [1.54, 1.807) is 12.1 Å². The molecule has 0 aliphatic heterocycles. The summed E-state index contributed by atoms with van der Waals surface area (Å²) in [5, 5.41) is 0. The Morgan fingerprint density at radius 3 is 2.11 bits per heavy atom. The Labute approximate surface area is 164 Å². The molecule has 0 bridgehead atoms. The Balaban J connectivity index is 2.01. The third-order valence-electron chi connectivity index (χ3n) is 3.81. The zero-order valence-corrected chi connectivity index (χ0v) is 16.5. The highest BCUT2D eigenvalue weighted by molar-refractivity contribution is 9.10. The van der Waals surface area contributed by atoms with Gasteiger partial charge in [-0.3, -0.25) is 0 Å². The van der Waals surface area contributed by atoms with Crippen molar-refractivity contribution in [2.45, 2.75) is 26.1 Å². The van der Waals surface area contributed by atoms with Crippen LogP contribution < -0.4 is 8.83 Å². The summed E-state index contributed by atoms with van der Waals surface area (Å²) in [5.74, 6) is 0. The molecule has 0 N–H and O–H groups in total. The van der Waals surface area contributed by atoms with Gasteiger partial charge in [-0.05, 0) is 48.4 Å². The van der Waals surface area contributed by atoms with Gasteiger partial charge in [-0.2, -0.15) is 13.2 Å². The Kier molecular flexibility index (Phi) is 7.12. The molecule has 0 aliphatic carbocycles. The molecule has 4 nitrogen and oxygen atoms in total. The Bertz CT molecular complexity index is 749. The number of benzene rings is 2. The van der Waals surface area contributed by atoms with Gasteiger partial charge in [0.05, 0.1) is 34.0 Å². The van der Waals surface area contributed by atoms with Gasteiger partial charge in [0.15, 0.2) is 0 Å². The molecule has 0 atom stereocenters. The van der Waals surface area contributed by atoms with Gasteiger partial charge in [0.1, 0.15) is 0 Å². The number of hydrogen-bond acceptors (Lipinski definition) is 3. The molecule has 0 fully saturated rings. The van der Waals surface area contributed by atoms with E-state index in [4.69, 9.17) is 4.74 Å². The summed E-state index contributed by atoms with van der Waals surface area (Å²) in [5.41, 5.74) is 1.58. The van der Waals surface area contributed by atoms with Crippen LogP contribution in [0.25, 0.3) is 0 Å². The van der Waals surface area contributed by atoms with Crippen LogP contribution in [0.4, 0.5) is 29.3 Å². The lowest BCUT2D eigenvalue weighted by Crippen LogP contribution is -2.22. The van der Waals surface area contributed by atoms with E-state index in [0.29, 0.717) is 18.8 Å². The van der Waals surface area contributed by atoms with Crippen LogP contribution in [0.2, 0.25) is 0 Å². The van der Waals surface area contributed by atoms with E-state index in [0.717, 1.165) is 29.8 Å². The Hall–Kier alpha value is -2.22. The average molecular weight is 445 g/mol. The van der Waals surface area contributed by atoms with Gasteiger partial charge in [0.2, 0.25) is 0 Å². The summed E-state index contributed by atoms with van der Waals surface area (Å²) in [6, 6.07) is 12.2. The highest BCUT2D eigenvalue weighted by Crippen LogP contribution is 2.29. The normalized spacial score (nSPS) is 11.2. The second-order valence-electron chi connectivity index (χ2n) is 5.96. The van der Waals surface area contributed by atoms with Gasteiger partial charge >= 0.3 is 12.3 Å². The van der Waals surface area contributed by atoms with E-state index < -0.39 is 17.8 Å². The maximum Gasteiger partial charge on any atom is 0.424 e. The van der Waals surface area contributed by atoms with Gasteiger partial charge < -0.3 is 9.64 Å². The summed E-state index contributed by atoms with van der Waals surface area (Å²) in [6.07, 6.45) is -4.09. The zero-order chi connectivity index (χ0) is 20.0. The average Bonchev–Trinajstić information content (AvgIpc) is 2.65. The summed E-state index contributed by atoms with van der Waals surface area (Å²) < 4.78 is 44.2. The summed E-state index contributed by atoms with van der Waals surface area (Å²) in [6.45, 7) is 2.70. The van der Waals surface area contributed by atoms with Crippen LogP contribution in [-0.4, -0.2) is 19.7 Å². The second kappa shape index (κ2) is 9.12. The SMILES string of the molecule is CCCOC(=O)N(Br)c1ccc(N(C)Cc2ccc(C(F)(F)F)cc2)cc1. The third kappa shape index (κ3) is 5.89. The molecule has 1 amide bonds. The number of hydrogen-bond donors (Lipinski definition) is 0. The number of halogens is 4. The van der Waals surface area contributed by atoms with Crippen molar-refractivity contribution < 1.29 is 22.7 Å². The van der Waals surface area contributed by atoms with E-state index in [9.17, 15) is 18.0 Å². The molecule has 146 valence electrons. The maximum atomic E-state index is 12.6. The lowest BCUT2D eigenvalue weighted by molar-refractivity contribution is -0.137. The van der Waals surface area contributed by atoms with Crippen LogP contribution in [0.5, 0.6) is 0 Å². The van der Waals surface area contributed by atoms with E-state index in [1.807, 2.05) is 31.0 Å². The fraction of sp³-hybridized carbons (Fsp3) is 0.316. The zero-order valence-electron chi connectivity index (χ0n) is 15.0. The maximum absolute atomic E-state index is 12.6. The monoisotopic (exact) mass is 444 g/mol. The number of alkyl halides is 3. The van der Waals surface area contributed by atoms with E-state index in [2.05, 4.69) is 16.1 Å². The van der Waals surface area contributed by atoms with Crippen molar-refractivity contribution in [1.82, 2.24) is 0 Å². The highest BCUT2D eigenvalue weighted by Gasteiger charge is 2.29. The molecule has 2 rings (SSSR count). The number of ether oxygens (including phenoxy) is 1. The van der Waals surface area contributed by atoms with Gasteiger partial charge in [-0.25, -0.2) is 8.72 Å². The number of carbonyl (C=O) groups is 1. The van der Waals surface area contributed by atoms with E-state index in [-0.39, 0.29) is 0 Å². The van der Waals surface area contributed by atoms with Crippen molar-refractivity contribution in [2.24, 2.45) is 0 Å². The quantitative estimate of drug-likeness (QED) is 0.511. The van der Waals surface area contributed by atoms with Crippen molar-refractivity contribution in [3.8, 4) is 0 Å². The predicted molar refractivity (Wildman–Crippen MR) is 103 cm³/mol. The number of rotatable bonds is 6. The second-order valence-corrected chi connectivity index (χ2v) is 6.67. The minimum Gasteiger partial charge on any atom is -0.449 e. The fourth-order valence-corrected chi connectivity index (χ4v) is 2.69. The van der Waals surface area contributed by atoms with Gasteiger partial charge in [0.25, 0.3) is 0 Å². The first-order valence-electron chi connectivity index (χ1n) is 8.32. The molecule has 0 unspecified atom stereocenters. The lowest BCUT2D eigenvalue weighted by atomic mass is 10.1. The van der Waals surface area contributed by atoms with Crippen LogP contribution in [-0.2, 0) is 17.5 Å². The lowest BCUT2D eigenvalue weighted by Gasteiger charge is -2.21. The summed E-state index contributed by atoms with van der Waals surface area (Å²) in [7, 11) is 1.84. The number of amides is 1. The largest absolute Gasteiger partial charge is 0.449 e. The predicted octanol–water partition coefficient (Wildman–Crippen LogP) is 6.00. The van der Waals surface area contributed by atoms with Crippen LogP contribution in [0, 0.1) is 0 Å². The molecule has 8 heteroatoms. The summed E-state index contributed by atoms with van der Waals surface area (Å²) >= 11 is 3.17.